The number of morpholine rings is 1. The predicted molar refractivity (Wildman–Crippen MR) is 85.3 cm³/mol. The molecule has 2 aliphatic rings. The third kappa shape index (κ3) is 3.54. The van der Waals surface area contributed by atoms with E-state index < -0.39 is 0 Å². The molecule has 0 aliphatic carbocycles. The molecule has 0 radical (unpaired) electrons. The number of benzene rings is 1. The Hall–Kier alpha value is -1.30. The summed E-state index contributed by atoms with van der Waals surface area (Å²) in [5.41, 5.74) is 1.17. The topological polar surface area (TPSA) is 43.0 Å². The van der Waals surface area contributed by atoms with Gasteiger partial charge < -0.3 is 19.5 Å². The molecule has 5 nitrogen and oxygen atoms in total. The second-order valence-corrected chi connectivity index (χ2v) is 6.24. The van der Waals surface area contributed by atoms with E-state index in [1.807, 2.05) is 12.1 Å². The Labute approximate surface area is 132 Å². The van der Waals surface area contributed by atoms with Gasteiger partial charge in [0.15, 0.2) is 11.5 Å². The van der Waals surface area contributed by atoms with Crippen molar-refractivity contribution in [3.63, 3.8) is 0 Å². The van der Waals surface area contributed by atoms with Crippen LogP contribution in [0.15, 0.2) is 18.2 Å². The van der Waals surface area contributed by atoms with Gasteiger partial charge in [0.1, 0.15) is 0 Å². The molecule has 0 unspecified atom stereocenters. The normalized spacial score (nSPS) is 19.6. The number of hydrogen-bond donors (Lipinski definition) is 1. The molecule has 1 N–H and O–H groups in total. The fraction of sp³-hybridized carbons (Fsp3) is 0.647. The van der Waals surface area contributed by atoms with Crippen LogP contribution in [-0.2, 0) is 11.3 Å². The van der Waals surface area contributed by atoms with Crippen molar-refractivity contribution >= 4 is 0 Å². The van der Waals surface area contributed by atoms with Crippen molar-refractivity contribution in [1.82, 2.24) is 10.2 Å². The molecule has 2 aliphatic heterocycles. The first-order valence-electron chi connectivity index (χ1n) is 8.15. The molecule has 0 amide bonds. The Kier molecular flexibility index (Phi) is 5.18. The van der Waals surface area contributed by atoms with Gasteiger partial charge in [0.05, 0.1) is 13.2 Å². The van der Waals surface area contributed by atoms with Gasteiger partial charge in [-0.2, -0.15) is 0 Å². The standard InChI is InChI=1S/C17H26N2O3/c1-13(2)15(19-6-8-20-9-7-19)11-18-10-14-4-3-5-16-17(14)22-12-21-16/h3-5,13,15,18H,6-12H2,1-2H3/t15-/m0/s1. The number of fused-ring (bicyclic) bond motifs is 1. The van der Waals surface area contributed by atoms with Gasteiger partial charge in [0.25, 0.3) is 0 Å². The van der Waals surface area contributed by atoms with Gasteiger partial charge in [-0.25, -0.2) is 0 Å². The van der Waals surface area contributed by atoms with E-state index in [1.165, 1.54) is 5.56 Å². The van der Waals surface area contributed by atoms with Crippen molar-refractivity contribution in [2.24, 2.45) is 5.92 Å². The number of ether oxygens (including phenoxy) is 3. The fourth-order valence-corrected chi connectivity index (χ4v) is 3.18. The van der Waals surface area contributed by atoms with Crippen molar-refractivity contribution in [1.29, 1.82) is 0 Å². The van der Waals surface area contributed by atoms with Crippen LogP contribution in [-0.4, -0.2) is 50.6 Å². The third-order valence-corrected chi connectivity index (χ3v) is 4.43. The Morgan fingerprint density at radius 3 is 2.77 bits per heavy atom. The molecule has 0 saturated carbocycles. The number of nitrogens with zero attached hydrogens (tertiary/aromatic N) is 1. The number of para-hydroxylation sites is 1. The van der Waals surface area contributed by atoms with Crippen molar-refractivity contribution in [2.45, 2.75) is 26.4 Å². The van der Waals surface area contributed by atoms with Gasteiger partial charge in [0.2, 0.25) is 6.79 Å². The average molecular weight is 306 g/mol. The largest absolute Gasteiger partial charge is 0.454 e. The van der Waals surface area contributed by atoms with Crippen LogP contribution in [0.2, 0.25) is 0 Å². The summed E-state index contributed by atoms with van der Waals surface area (Å²) in [6, 6.07) is 6.61. The molecular weight excluding hydrogens is 280 g/mol. The van der Waals surface area contributed by atoms with Crippen LogP contribution in [0.25, 0.3) is 0 Å². The molecule has 1 aromatic rings. The Bertz CT molecular complexity index is 487. The molecule has 122 valence electrons. The van der Waals surface area contributed by atoms with Gasteiger partial charge in [0, 0.05) is 37.8 Å². The van der Waals surface area contributed by atoms with Crippen molar-refractivity contribution in [3.8, 4) is 11.5 Å². The minimum Gasteiger partial charge on any atom is -0.454 e. The molecule has 0 bridgehead atoms. The monoisotopic (exact) mass is 306 g/mol. The molecule has 0 spiro atoms. The van der Waals surface area contributed by atoms with Gasteiger partial charge in [-0.15, -0.1) is 0 Å². The SMILES string of the molecule is CC(C)[C@H](CNCc1cccc2c1OCO2)N1CCOCC1. The van der Waals surface area contributed by atoms with Crippen LogP contribution in [0, 0.1) is 5.92 Å². The van der Waals surface area contributed by atoms with Crippen LogP contribution in [0.3, 0.4) is 0 Å². The Balaban J connectivity index is 1.55. The summed E-state index contributed by atoms with van der Waals surface area (Å²) in [4.78, 5) is 2.54. The maximum absolute atomic E-state index is 5.56. The predicted octanol–water partition coefficient (Wildman–Crippen LogP) is 1.86. The summed E-state index contributed by atoms with van der Waals surface area (Å²) in [5, 5.41) is 3.59. The second kappa shape index (κ2) is 7.31. The lowest BCUT2D eigenvalue weighted by atomic mass is 10.0. The molecule has 3 rings (SSSR count). The maximum atomic E-state index is 5.56. The Morgan fingerprint density at radius 2 is 2.00 bits per heavy atom. The number of nitrogens with one attached hydrogen (secondary N) is 1. The lowest BCUT2D eigenvalue weighted by Gasteiger charge is -2.37. The van der Waals surface area contributed by atoms with Crippen LogP contribution in [0.1, 0.15) is 19.4 Å². The summed E-state index contributed by atoms with van der Waals surface area (Å²) in [7, 11) is 0. The van der Waals surface area contributed by atoms with Gasteiger partial charge in [-0.1, -0.05) is 26.0 Å². The van der Waals surface area contributed by atoms with Gasteiger partial charge in [-0.3, -0.25) is 4.90 Å². The lowest BCUT2D eigenvalue weighted by Crippen LogP contribution is -2.50. The van der Waals surface area contributed by atoms with Crippen molar-refractivity contribution in [3.05, 3.63) is 23.8 Å². The quantitative estimate of drug-likeness (QED) is 0.869. The van der Waals surface area contributed by atoms with Crippen LogP contribution < -0.4 is 14.8 Å². The first-order chi connectivity index (χ1) is 10.8. The first kappa shape index (κ1) is 15.6. The molecule has 1 atom stereocenters. The highest BCUT2D eigenvalue weighted by Gasteiger charge is 2.24. The van der Waals surface area contributed by atoms with E-state index >= 15 is 0 Å². The average Bonchev–Trinajstić information content (AvgIpc) is 3.01. The van der Waals surface area contributed by atoms with E-state index in [0.717, 1.165) is 50.9 Å². The minimum atomic E-state index is 0.328. The molecule has 1 fully saturated rings. The summed E-state index contributed by atoms with van der Waals surface area (Å²) < 4.78 is 16.5. The zero-order valence-corrected chi connectivity index (χ0v) is 13.5. The van der Waals surface area contributed by atoms with Gasteiger partial charge >= 0.3 is 0 Å². The van der Waals surface area contributed by atoms with Crippen LogP contribution in [0.5, 0.6) is 11.5 Å². The highest BCUT2D eigenvalue weighted by atomic mass is 16.7. The summed E-state index contributed by atoms with van der Waals surface area (Å²) in [6.45, 7) is 10.4. The molecule has 5 heteroatoms. The molecule has 1 aromatic carbocycles. The van der Waals surface area contributed by atoms with Crippen molar-refractivity contribution in [2.75, 3.05) is 39.6 Å². The lowest BCUT2D eigenvalue weighted by molar-refractivity contribution is 0.00647. The number of hydrogen-bond acceptors (Lipinski definition) is 5. The molecule has 2 heterocycles. The highest BCUT2D eigenvalue weighted by molar-refractivity contribution is 5.48. The second-order valence-electron chi connectivity index (χ2n) is 6.24. The minimum absolute atomic E-state index is 0.328. The summed E-state index contributed by atoms with van der Waals surface area (Å²) in [5.74, 6) is 2.36. The molecule has 0 aromatic heterocycles. The smallest absolute Gasteiger partial charge is 0.231 e. The van der Waals surface area contributed by atoms with E-state index in [0.29, 0.717) is 18.8 Å². The van der Waals surface area contributed by atoms with E-state index in [-0.39, 0.29) is 0 Å². The number of rotatable bonds is 6. The molecular formula is C17H26N2O3. The summed E-state index contributed by atoms with van der Waals surface area (Å²) in [6.07, 6.45) is 0. The zero-order valence-electron chi connectivity index (χ0n) is 13.5. The van der Waals surface area contributed by atoms with Crippen LogP contribution in [0.4, 0.5) is 0 Å². The van der Waals surface area contributed by atoms with Crippen LogP contribution >= 0.6 is 0 Å². The van der Waals surface area contributed by atoms with E-state index in [4.69, 9.17) is 14.2 Å². The first-order valence-corrected chi connectivity index (χ1v) is 8.15. The Morgan fingerprint density at radius 1 is 1.18 bits per heavy atom. The molecule has 22 heavy (non-hydrogen) atoms. The zero-order chi connectivity index (χ0) is 15.4. The highest BCUT2D eigenvalue weighted by Crippen LogP contribution is 2.35. The van der Waals surface area contributed by atoms with Crippen molar-refractivity contribution < 1.29 is 14.2 Å². The maximum Gasteiger partial charge on any atom is 0.231 e. The van der Waals surface area contributed by atoms with E-state index in [2.05, 4.69) is 30.1 Å². The third-order valence-electron chi connectivity index (χ3n) is 4.43. The molecule has 1 saturated heterocycles. The fourth-order valence-electron chi connectivity index (χ4n) is 3.18. The van der Waals surface area contributed by atoms with E-state index in [9.17, 15) is 0 Å². The summed E-state index contributed by atoms with van der Waals surface area (Å²) >= 11 is 0. The van der Waals surface area contributed by atoms with Gasteiger partial charge in [-0.05, 0) is 12.0 Å². The van der Waals surface area contributed by atoms with E-state index in [1.54, 1.807) is 0 Å².